The molecule has 0 radical (unpaired) electrons. The molecule has 0 saturated carbocycles. The number of carbonyl (C=O) groups excluding carboxylic acids is 1. The molecule has 0 bridgehead atoms. The first-order chi connectivity index (χ1) is 10.4. The summed E-state index contributed by atoms with van der Waals surface area (Å²) >= 11 is 0. The van der Waals surface area contributed by atoms with Gasteiger partial charge in [0.2, 0.25) is 11.8 Å². The molecule has 2 aromatic rings. The van der Waals surface area contributed by atoms with Gasteiger partial charge in [0.1, 0.15) is 0 Å². The zero-order valence-corrected chi connectivity index (χ0v) is 12.5. The molecule has 0 saturated heterocycles. The Morgan fingerprint density at radius 3 is 2.68 bits per heavy atom. The van der Waals surface area contributed by atoms with Crippen LogP contribution in [0.15, 0.2) is 24.4 Å². The standard InChI is InChI=1S/C16H18FN3O2/c1-3-4-11-9(2)15(17)13(7-12(11)18)22-14-6-5-10(8-20-14)16(19)21/h5-8H,3-4,18H2,1-2H3,(H2,19,21). The number of pyridine rings is 1. The topological polar surface area (TPSA) is 91.2 Å². The fourth-order valence-electron chi connectivity index (χ4n) is 2.18. The van der Waals surface area contributed by atoms with Gasteiger partial charge in [-0.25, -0.2) is 9.37 Å². The minimum Gasteiger partial charge on any atom is -0.436 e. The minimum atomic E-state index is -0.589. The summed E-state index contributed by atoms with van der Waals surface area (Å²) in [5, 5.41) is 0. The summed E-state index contributed by atoms with van der Waals surface area (Å²) in [6.45, 7) is 3.68. The lowest BCUT2D eigenvalue weighted by Gasteiger charge is -2.14. The number of ether oxygens (including phenoxy) is 1. The first-order valence-corrected chi connectivity index (χ1v) is 6.95. The Bertz CT molecular complexity index is 700. The molecular formula is C16H18FN3O2. The van der Waals surface area contributed by atoms with Crippen molar-refractivity contribution >= 4 is 11.6 Å². The Labute approximate surface area is 128 Å². The van der Waals surface area contributed by atoms with E-state index in [1.807, 2.05) is 6.92 Å². The van der Waals surface area contributed by atoms with Crippen molar-refractivity contribution in [1.29, 1.82) is 0 Å². The molecule has 1 aromatic carbocycles. The molecule has 1 amide bonds. The third kappa shape index (κ3) is 3.16. The molecular weight excluding hydrogens is 285 g/mol. The van der Waals surface area contributed by atoms with Crippen LogP contribution in [0.5, 0.6) is 11.6 Å². The molecule has 0 fully saturated rings. The molecule has 0 aliphatic rings. The maximum absolute atomic E-state index is 14.4. The number of benzene rings is 1. The summed E-state index contributed by atoms with van der Waals surface area (Å²) in [6.07, 6.45) is 2.86. The number of carbonyl (C=O) groups is 1. The molecule has 1 aromatic heterocycles. The van der Waals surface area contributed by atoms with Gasteiger partial charge in [-0.3, -0.25) is 4.79 Å². The number of aromatic nitrogens is 1. The van der Waals surface area contributed by atoms with Gasteiger partial charge in [-0.05, 0) is 30.5 Å². The number of hydrogen-bond donors (Lipinski definition) is 2. The number of anilines is 1. The predicted molar refractivity (Wildman–Crippen MR) is 82.4 cm³/mol. The van der Waals surface area contributed by atoms with Crippen molar-refractivity contribution in [3.63, 3.8) is 0 Å². The van der Waals surface area contributed by atoms with Gasteiger partial charge in [-0.1, -0.05) is 13.3 Å². The van der Waals surface area contributed by atoms with Crippen molar-refractivity contribution in [1.82, 2.24) is 4.98 Å². The molecule has 5 nitrogen and oxygen atoms in total. The van der Waals surface area contributed by atoms with Crippen LogP contribution in [0.25, 0.3) is 0 Å². The predicted octanol–water partition coefficient (Wildman–Crippen LogP) is 2.96. The molecule has 116 valence electrons. The third-order valence-corrected chi connectivity index (χ3v) is 3.37. The van der Waals surface area contributed by atoms with Crippen LogP contribution in [0.3, 0.4) is 0 Å². The van der Waals surface area contributed by atoms with Crippen LogP contribution >= 0.6 is 0 Å². The van der Waals surface area contributed by atoms with E-state index in [-0.39, 0.29) is 17.2 Å². The Hall–Kier alpha value is -2.63. The number of nitrogen functional groups attached to an aromatic ring is 1. The first kappa shape index (κ1) is 15.8. The smallest absolute Gasteiger partial charge is 0.250 e. The Morgan fingerprint density at radius 2 is 2.14 bits per heavy atom. The van der Waals surface area contributed by atoms with E-state index in [9.17, 15) is 9.18 Å². The van der Waals surface area contributed by atoms with Crippen LogP contribution in [0.1, 0.15) is 34.8 Å². The van der Waals surface area contributed by atoms with Crippen LogP contribution in [-0.4, -0.2) is 10.9 Å². The van der Waals surface area contributed by atoms with Gasteiger partial charge in [0, 0.05) is 24.0 Å². The number of nitrogens with two attached hydrogens (primary N) is 2. The Kier molecular flexibility index (Phi) is 4.60. The van der Waals surface area contributed by atoms with Crippen LogP contribution < -0.4 is 16.2 Å². The summed E-state index contributed by atoms with van der Waals surface area (Å²) in [4.78, 5) is 14.9. The highest BCUT2D eigenvalue weighted by Gasteiger charge is 2.15. The van der Waals surface area contributed by atoms with Crippen LogP contribution in [0.2, 0.25) is 0 Å². The van der Waals surface area contributed by atoms with E-state index < -0.39 is 11.7 Å². The second-order valence-electron chi connectivity index (χ2n) is 4.98. The van der Waals surface area contributed by atoms with E-state index in [0.717, 1.165) is 12.0 Å². The zero-order valence-electron chi connectivity index (χ0n) is 12.5. The van der Waals surface area contributed by atoms with Gasteiger partial charge in [-0.15, -0.1) is 0 Å². The van der Waals surface area contributed by atoms with Crippen LogP contribution in [0, 0.1) is 12.7 Å². The van der Waals surface area contributed by atoms with Crippen molar-refractivity contribution in [2.75, 3.05) is 5.73 Å². The van der Waals surface area contributed by atoms with Crippen molar-refractivity contribution in [3.05, 3.63) is 46.9 Å². The molecule has 1 heterocycles. The highest BCUT2D eigenvalue weighted by atomic mass is 19.1. The van der Waals surface area contributed by atoms with Crippen molar-refractivity contribution in [2.24, 2.45) is 5.73 Å². The maximum Gasteiger partial charge on any atom is 0.250 e. The van der Waals surface area contributed by atoms with Gasteiger partial charge >= 0.3 is 0 Å². The molecule has 22 heavy (non-hydrogen) atoms. The summed E-state index contributed by atoms with van der Waals surface area (Å²) in [7, 11) is 0. The molecule has 4 N–H and O–H groups in total. The average Bonchev–Trinajstić information content (AvgIpc) is 2.49. The van der Waals surface area contributed by atoms with E-state index in [2.05, 4.69) is 4.98 Å². The number of nitrogens with zero attached hydrogens (tertiary/aromatic N) is 1. The second-order valence-corrected chi connectivity index (χ2v) is 4.98. The van der Waals surface area contributed by atoms with E-state index in [1.165, 1.54) is 24.4 Å². The van der Waals surface area contributed by atoms with Gasteiger partial charge in [0.25, 0.3) is 0 Å². The Morgan fingerprint density at radius 1 is 1.41 bits per heavy atom. The molecule has 0 spiro atoms. The fourth-order valence-corrected chi connectivity index (χ4v) is 2.18. The molecule has 6 heteroatoms. The SMILES string of the molecule is CCCc1c(N)cc(Oc2ccc(C(N)=O)cn2)c(F)c1C. The molecule has 0 atom stereocenters. The van der Waals surface area contributed by atoms with Crippen molar-refractivity contribution < 1.29 is 13.9 Å². The largest absolute Gasteiger partial charge is 0.436 e. The van der Waals surface area contributed by atoms with Gasteiger partial charge < -0.3 is 16.2 Å². The number of halogens is 1. The summed E-state index contributed by atoms with van der Waals surface area (Å²) in [6, 6.07) is 4.37. The maximum atomic E-state index is 14.4. The lowest BCUT2D eigenvalue weighted by molar-refractivity contribution is 0.1000. The highest BCUT2D eigenvalue weighted by molar-refractivity contribution is 5.92. The number of primary amides is 1. The molecule has 0 aliphatic carbocycles. The van der Waals surface area contributed by atoms with Gasteiger partial charge in [0.05, 0.1) is 5.56 Å². The summed E-state index contributed by atoms with van der Waals surface area (Å²) < 4.78 is 19.8. The number of amides is 1. The molecule has 0 aliphatic heterocycles. The normalized spacial score (nSPS) is 10.5. The average molecular weight is 303 g/mol. The van der Waals surface area contributed by atoms with E-state index >= 15 is 0 Å². The Balaban J connectivity index is 2.31. The lowest BCUT2D eigenvalue weighted by Crippen LogP contribution is -2.11. The monoisotopic (exact) mass is 303 g/mol. The van der Waals surface area contributed by atoms with Gasteiger partial charge in [0.15, 0.2) is 11.6 Å². The summed E-state index contributed by atoms with van der Waals surface area (Å²) in [5.74, 6) is -0.882. The van der Waals surface area contributed by atoms with Crippen LogP contribution in [0.4, 0.5) is 10.1 Å². The van der Waals surface area contributed by atoms with Crippen molar-refractivity contribution in [2.45, 2.75) is 26.7 Å². The van der Waals surface area contributed by atoms with Crippen LogP contribution in [-0.2, 0) is 6.42 Å². The second kappa shape index (κ2) is 6.43. The zero-order chi connectivity index (χ0) is 16.3. The third-order valence-electron chi connectivity index (χ3n) is 3.37. The highest BCUT2D eigenvalue weighted by Crippen LogP contribution is 2.32. The molecule has 0 unspecified atom stereocenters. The van der Waals surface area contributed by atoms with E-state index in [1.54, 1.807) is 6.92 Å². The first-order valence-electron chi connectivity index (χ1n) is 6.95. The number of rotatable bonds is 5. The quantitative estimate of drug-likeness (QED) is 0.831. The molecule has 2 rings (SSSR count). The van der Waals surface area contributed by atoms with Crippen molar-refractivity contribution in [3.8, 4) is 11.6 Å². The number of hydrogen-bond acceptors (Lipinski definition) is 4. The van der Waals surface area contributed by atoms with E-state index in [0.29, 0.717) is 17.7 Å². The fraction of sp³-hybridized carbons (Fsp3) is 0.250. The lowest BCUT2D eigenvalue weighted by atomic mass is 10.0. The minimum absolute atomic E-state index is 0.00850. The van der Waals surface area contributed by atoms with Gasteiger partial charge in [-0.2, -0.15) is 0 Å². The van der Waals surface area contributed by atoms with E-state index in [4.69, 9.17) is 16.2 Å². The summed E-state index contributed by atoms with van der Waals surface area (Å²) in [5.41, 5.74) is 13.1.